The van der Waals surface area contributed by atoms with Crippen molar-refractivity contribution in [3.05, 3.63) is 71.8 Å². The fourth-order valence-electron chi connectivity index (χ4n) is 3.72. The molecule has 0 spiro atoms. The first-order valence-electron chi connectivity index (χ1n) is 10.3. The van der Waals surface area contributed by atoms with Crippen molar-refractivity contribution in [2.45, 2.75) is 37.6 Å². The number of hydrogen-bond donors (Lipinski definition) is 4. The van der Waals surface area contributed by atoms with Crippen LogP contribution in [0.5, 0.6) is 0 Å². The molecule has 2 aliphatic heterocycles. The summed E-state index contributed by atoms with van der Waals surface area (Å²) in [5.74, 6) is -0.177. The molecule has 4 rings (SSSR count). The third kappa shape index (κ3) is 6.37. The largest absolute Gasteiger partial charge is 0.389 e. The van der Waals surface area contributed by atoms with E-state index >= 15 is 0 Å². The number of β-amino-alcohol motifs (C(OH)–C–C–N with tert-alkyl or cyclic N) is 1. The van der Waals surface area contributed by atoms with Gasteiger partial charge in [0.15, 0.2) is 0 Å². The van der Waals surface area contributed by atoms with Gasteiger partial charge in [0.05, 0.1) is 18.2 Å². The lowest BCUT2D eigenvalue weighted by Crippen LogP contribution is -2.45. The number of benzene rings is 2. The topological polar surface area (TPSA) is 84.8 Å². The Bertz CT molecular complexity index is 730. The molecular formula is C23H31N3O3. The van der Waals surface area contributed by atoms with Crippen molar-refractivity contribution < 1.29 is 15.0 Å². The Morgan fingerprint density at radius 2 is 1.62 bits per heavy atom. The van der Waals surface area contributed by atoms with Crippen LogP contribution in [0.2, 0.25) is 0 Å². The van der Waals surface area contributed by atoms with Crippen molar-refractivity contribution in [3.63, 3.8) is 0 Å². The molecule has 2 aromatic rings. The molecule has 3 atom stereocenters. The van der Waals surface area contributed by atoms with E-state index in [-0.39, 0.29) is 11.9 Å². The van der Waals surface area contributed by atoms with Crippen molar-refractivity contribution in [2.75, 3.05) is 26.2 Å². The van der Waals surface area contributed by atoms with E-state index in [0.29, 0.717) is 25.2 Å². The minimum absolute atomic E-state index is 0.177. The SMILES string of the molecule is C1CCNC1.O=C(NC[C@@H]1[C@@H](O)[C@@H](O)CN1Cc1ccccc1)c1ccccc1. The molecule has 0 aromatic heterocycles. The molecule has 0 aliphatic carbocycles. The van der Waals surface area contributed by atoms with E-state index < -0.39 is 12.2 Å². The highest BCUT2D eigenvalue weighted by molar-refractivity contribution is 5.94. The maximum absolute atomic E-state index is 12.2. The molecule has 2 heterocycles. The summed E-state index contributed by atoms with van der Waals surface area (Å²) in [4.78, 5) is 14.2. The van der Waals surface area contributed by atoms with E-state index in [0.717, 1.165) is 5.56 Å². The van der Waals surface area contributed by atoms with Crippen LogP contribution in [0.4, 0.5) is 0 Å². The molecule has 2 aromatic carbocycles. The number of carbonyl (C=O) groups is 1. The second-order valence-corrected chi connectivity index (χ2v) is 7.57. The van der Waals surface area contributed by atoms with Crippen molar-refractivity contribution in [1.29, 1.82) is 0 Å². The molecule has 4 N–H and O–H groups in total. The van der Waals surface area contributed by atoms with Crippen molar-refractivity contribution in [3.8, 4) is 0 Å². The number of nitrogens with one attached hydrogen (secondary N) is 2. The van der Waals surface area contributed by atoms with Crippen molar-refractivity contribution in [2.24, 2.45) is 0 Å². The number of likely N-dealkylation sites (tertiary alicyclic amines) is 1. The van der Waals surface area contributed by atoms with Crippen LogP contribution in [0.3, 0.4) is 0 Å². The molecule has 1 amide bonds. The highest BCUT2D eigenvalue weighted by Gasteiger charge is 2.39. The minimum Gasteiger partial charge on any atom is -0.389 e. The third-order valence-electron chi connectivity index (χ3n) is 5.37. The Morgan fingerprint density at radius 1 is 1.00 bits per heavy atom. The van der Waals surface area contributed by atoms with Gasteiger partial charge in [0.2, 0.25) is 0 Å². The first-order valence-corrected chi connectivity index (χ1v) is 10.3. The van der Waals surface area contributed by atoms with Gasteiger partial charge in [-0.3, -0.25) is 9.69 Å². The molecule has 6 nitrogen and oxygen atoms in total. The third-order valence-corrected chi connectivity index (χ3v) is 5.37. The summed E-state index contributed by atoms with van der Waals surface area (Å²) in [6.45, 7) is 3.81. The number of rotatable bonds is 5. The van der Waals surface area contributed by atoms with Crippen LogP contribution in [0.25, 0.3) is 0 Å². The maximum Gasteiger partial charge on any atom is 0.251 e. The Morgan fingerprint density at radius 3 is 2.21 bits per heavy atom. The Hall–Kier alpha value is -2.25. The first-order chi connectivity index (χ1) is 14.1. The Balaban J connectivity index is 0.000000419. The van der Waals surface area contributed by atoms with Gasteiger partial charge in [-0.2, -0.15) is 0 Å². The highest BCUT2D eigenvalue weighted by atomic mass is 16.3. The lowest BCUT2D eigenvalue weighted by atomic mass is 10.1. The summed E-state index contributed by atoms with van der Waals surface area (Å²) in [6.07, 6.45) is 1.11. The van der Waals surface area contributed by atoms with Gasteiger partial charge in [0.25, 0.3) is 5.91 Å². The highest BCUT2D eigenvalue weighted by Crippen LogP contribution is 2.21. The van der Waals surface area contributed by atoms with Crippen molar-refractivity contribution in [1.82, 2.24) is 15.5 Å². The lowest BCUT2D eigenvalue weighted by Gasteiger charge is -2.26. The van der Waals surface area contributed by atoms with Gasteiger partial charge in [0, 0.05) is 25.2 Å². The van der Waals surface area contributed by atoms with E-state index in [9.17, 15) is 15.0 Å². The first kappa shape index (κ1) is 21.5. The van der Waals surface area contributed by atoms with E-state index in [2.05, 4.69) is 10.6 Å². The molecule has 29 heavy (non-hydrogen) atoms. The van der Waals surface area contributed by atoms with Gasteiger partial charge < -0.3 is 20.8 Å². The molecule has 2 fully saturated rings. The number of carbonyl (C=O) groups excluding carboxylic acids is 1. The normalized spacial score (nSPS) is 24.0. The van der Waals surface area contributed by atoms with Crippen LogP contribution in [0.1, 0.15) is 28.8 Å². The van der Waals surface area contributed by atoms with E-state index in [1.54, 1.807) is 12.1 Å². The quantitative estimate of drug-likeness (QED) is 0.613. The Labute approximate surface area is 172 Å². The molecule has 156 valence electrons. The average Bonchev–Trinajstić information content (AvgIpc) is 3.42. The number of hydrogen-bond acceptors (Lipinski definition) is 5. The predicted molar refractivity (Wildman–Crippen MR) is 114 cm³/mol. The molecule has 0 bridgehead atoms. The predicted octanol–water partition coefficient (Wildman–Crippen LogP) is 1.39. The molecule has 2 saturated heterocycles. The second-order valence-electron chi connectivity index (χ2n) is 7.57. The lowest BCUT2D eigenvalue weighted by molar-refractivity contribution is 0.0370. The summed E-state index contributed by atoms with van der Waals surface area (Å²) in [5, 5.41) is 26.3. The smallest absolute Gasteiger partial charge is 0.251 e. The van der Waals surface area contributed by atoms with Crippen LogP contribution in [0.15, 0.2) is 60.7 Å². The van der Waals surface area contributed by atoms with Gasteiger partial charge in [-0.1, -0.05) is 48.5 Å². The molecule has 0 radical (unpaired) electrons. The van der Waals surface area contributed by atoms with Gasteiger partial charge in [-0.25, -0.2) is 0 Å². The second kappa shape index (κ2) is 11.1. The summed E-state index contributed by atoms with van der Waals surface area (Å²) >= 11 is 0. The van der Waals surface area contributed by atoms with Gasteiger partial charge >= 0.3 is 0 Å². The molecule has 0 saturated carbocycles. The average molecular weight is 398 g/mol. The maximum atomic E-state index is 12.2. The number of nitrogens with zero attached hydrogens (tertiary/aromatic N) is 1. The molecule has 2 aliphatic rings. The molecular weight excluding hydrogens is 366 g/mol. The van der Waals surface area contributed by atoms with Crippen LogP contribution in [-0.4, -0.2) is 65.4 Å². The number of aliphatic hydroxyl groups is 2. The summed E-state index contributed by atoms with van der Waals surface area (Å²) in [7, 11) is 0. The van der Waals surface area contributed by atoms with E-state index in [4.69, 9.17) is 0 Å². The van der Waals surface area contributed by atoms with Crippen LogP contribution in [-0.2, 0) is 6.54 Å². The fraction of sp³-hybridized carbons (Fsp3) is 0.435. The number of aliphatic hydroxyl groups excluding tert-OH is 2. The van der Waals surface area contributed by atoms with E-state index in [1.165, 1.54) is 25.9 Å². The van der Waals surface area contributed by atoms with Gasteiger partial charge in [-0.15, -0.1) is 0 Å². The zero-order chi connectivity index (χ0) is 20.5. The number of amides is 1. The zero-order valence-corrected chi connectivity index (χ0v) is 16.7. The Kier molecular flexibility index (Phi) is 8.19. The van der Waals surface area contributed by atoms with Crippen LogP contribution >= 0.6 is 0 Å². The summed E-state index contributed by atoms with van der Waals surface area (Å²) in [6, 6.07) is 18.6. The zero-order valence-electron chi connectivity index (χ0n) is 16.7. The van der Waals surface area contributed by atoms with E-state index in [1.807, 2.05) is 53.4 Å². The standard InChI is InChI=1S/C19H22N2O3.C4H9N/c22-17-13-21(12-14-7-3-1-4-8-14)16(18(17)23)11-20-19(24)15-9-5-2-6-10-15;1-2-4-5-3-1/h1-10,16-18,22-23H,11-13H2,(H,20,24);5H,1-4H2/t16-,17+,18-;/m1./s1. The van der Waals surface area contributed by atoms with Gasteiger partial charge in [-0.05, 0) is 43.6 Å². The molecule has 6 heteroatoms. The molecule has 0 unspecified atom stereocenters. The van der Waals surface area contributed by atoms with Crippen LogP contribution in [0, 0.1) is 0 Å². The van der Waals surface area contributed by atoms with Crippen molar-refractivity contribution >= 4 is 5.91 Å². The summed E-state index contributed by atoms with van der Waals surface area (Å²) in [5.41, 5.74) is 1.69. The van der Waals surface area contributed by atoms with Crippen LogP contribution < -0.4 is 10.6 Å². The fourth-order valence-corrected chi connectivity index (χ4v) is 3.72. The van der Waals surface area contributed by atoms with Gasteiger partial charge in [0.1, 0.15) is 0 Å². The minimum atomic E-state index is -0.871. The monoisotopic (exact) mass is 397 g/mol. The summed E-state index contributed by atoms with van der Waals surface area (Å²) < 4.78 is 0.